The summed E-state index contributed by atoms with van der Waals surface area (Å²) in [6.07, 6.45) is 0.741. The molecule has 1 N–H and O–H groups in total. The van der Waals surface area contributed by atoms with Gasteiger partial charge in [-0.25, -0.2) is 8.42 Å². The van der Waals surface area contributed by atoms with Gasteiger partial charge in [-0.15, -0.1) is 11.3 Å². The predicted molar refractivity (Wildman–Crippen MR) is 82.3 cm³/mol. The van der Waals surface area contributed by atoms with E-state index < -0.39 is 22.5 Å². The van der Waals surface area contributed by atoms with Crippen LogP contribution in [0.4, 0.5) is 5.69 Å². The molecule has 1 heterocycles. The van der Waals surface area contributed by atoms with Crippen LogP contribution in [-0.4, -0.2) is 26.0 Å². The Labute approximate surface area is 127 Å². The normalized spacial score (nSPS) is 11.3. The molecule has 1 aromatic carbocycles. The second kappa shape index (κ2) is 6.28. The Kier molecular flexibility index (Phi) is 4.64. The third-order valence-corrected chi connectivity index (χ3v) is 6.32. The predicted octanol–water partition coefficient (Wildman–Crippen LogP) is 2.59. The molecule has 0 fully saturated rings. The molecule has 0 saturated heterocycles. The first-order chi connectivity index (χ1) is 9.95. The smallest absolute Gasteiger partial charge is 0.324 e. The Morgan fingerprint density at radius 1 is 1.19 bits per heavy atom. The largest absolute Gasteiger partial charge is 0.480 e. The Morgan fingerprint density at radius 3 is 2.38 bits per heavy atom. The number of rotatable bonds is 6. The highest BCUT2D eigenvalue weighted by molar-refractivity contribution is 7.94. The molecule has 1 aromatic heterocycles. The summed E-state index contributed by atoms with van der Waals surface area (Å²) in [4.78, 5) is 12.0. The van der Waals surface area contributed by atoms with Gasteiger partial charge in [0.1, 0.15) is 10.8 Å². The summed E-state index contributed by atoms with van der Waals surface area (Å²) in [5.41, 5.74) is 0.339. The molecule has 21 heavy (non-hydrogen) atoms. The number of carboxylic acid groups (broad SMARTS) is 1. The number of aliphatic carboxylic acids is 1. The van der Waals surface area contributed by atoms with Crippen molar-refractivity contribution in [2.75, 3.05) is 10.8 Å². The van der Waals surface area contributed by atoms with Gasteiger partial charge in [0, 0.05) is 4.88 Å². The fourth-order valence-electron chi connectivity index (χ4n) is 1.83. The zero-order valence-corrected chi connectivity index (χ0v) is 13.0. The minimum atomic E-state index is -3.87. The Morgan fingerprint density at radius 2 is 1.86 bits per heavy atom. The van der Waals surface area contributed by atoms with Crippen molar-refractivity contribution in [3.8, 4) is 0 Å². The Bertz CT molecular complexity index is 722. The van der Waals surface area contributed by atoms with Gasteiger partial charge < -0.3 is 5.11 Å². The van der Waals surface area contributed by atoms with Gasteiger partial charge in [0.2, 0.25) is 0 Å². The lowest BCUT2D eigenvalue weighted by molar-refractivity contribution is -0.135. The number of hydrogen-bond acceptors (Lipinski definition) is 4. The summed E-state index contributed by atoms with van der Waals surface area (Å²) in [7, 11) is -3.87. The molecule has 112 valence electrons. The van der Waals surface area contributed by atoms with Gasteiger partial charge in [-0.2, -0.15) is 0 Å². The number of hydrogen-bond donors (Lipinski definition) is 1. The standard InChI is InChI=1S/C14H15NO4S2/c1-2-12-8-9-14(20-12)21(18,19)15(10-13(16)17)11-6-4-3-5-7-11/h3-9H,2,10H2,1H3,(H,16,17). The summed E-state index contributed by atoms with van der Waals surface area (Å²) >= 11 is 1.17. The van der Waals surface area contributed by atoms with E-state index in [0.717, 1.165) is 15.6 Å². The van der Waals surface area contributed by atoms with Crippen LogP contribution in [-0.2, 0) is 21.2 Å². The monoisotopic (exact) mass is 325 g/mol. The molecule has 0 aliphatic heterocycles. The Balaban J connectivity index is 2.47. The number of carbonyl (C=O) groups is 1. The topological polar surface area (TPSA) is 74.7 Å². The van der Waals surface area contributed by atoms with Crippen LogP contribution < -0.4 is 4.31 Å². The first kappa shape index (κ1) is 15.5. The van der Waals surface area contributed by atoms with E-state index in [0.29, 0.717) is 5.69 Å². The van der Waals surface area contributed by atoms with Crippen LogP contribution in [0.25, 0.3) is 0 Å². The quantitative estimate of drug-likeness (QED) is 0.886. The van der Waals surface area contributed by atoms with Crippen molar-refractivity contribution in [3.63, 3.8) is 0 Å². The number of benzene rings is 1. The molecule has 0 atom stereocenters. The average molecular weight is 325 g/mol. The Hall–Kier alpha value is -1.86. The van der Waals surface area contributed by atoms with E-state index in [2.05, 4.69) is 0 Å². The van der Waals surface area contributed by atoms with E-state index in [-0.39, 0.29) is 4.21 Å². The van der Waals surface area contributed by atoms with Crippen molar-refractivity contribution in [3.05, 3.63) is 47.3 Å². The molecular weight excluding hydrogens is 310 g/mol. The molecule has 0 spiro atoms. The summed E-state index contributed by atoms with van der Waals surface area (Å²) < 4.78 is 26.4. The molecule has 7 heteroatoms. The van der Waals surface area contributed by atoms with Crippen molar-refractivity contribution in [2.45, 2.75) is 17.6 Å². The lowest BCUT2D eigenvalue weighted by Crippen LogP contribution is -2.35. The van der Waals surface area contributed by atoms with Gasteiger partial charge in [-0.1, -0.05) is 25.1 Å². The number of nitrogens with zero attached hydrogens (tertiary/aromatic N) is 1. The third kappa shape index (κ3) is 3.43. The number of sulfonamides is 1. The maximum absolute atomic E-state index is 12.7. The van der Waals surface area contributed by atoms with Gasteiger partial charge in [-0.3, -0.25) is 9.10 Å². The van der Waals surface area contributed by atoms with Crippen molar-refractivity contribution in [1.82, 2.24) is 0 Å². The molecule has 0 amide bonds. The average Bonchev–Trinajstić information content (AvgIpc) is 2.95. The zero-order chi connectivity index (χ0) is 15.5. The molecule has 2 rings (SSSR count). The van der Waals surface area contributed by atoms with E-state index in [1.165, 1.54) is 17.4 Å². The van der Waals surface area contributed by atoms with Crippen LogP contribution in [0.15, 0.2) is 46.7 Å². The van der Waals surface area contributed by atoms with Crippen molar-refractivity contribution < 1.29 is 18.3 Å². The van der Waals surface area contributed by atoms with E-state index in [9.17, 15) is 13.2 Å². The lowest BCUT2D eigenvalue weighted by Gasteiger charge is -2.21. The minimum Gasteiger partial charge on any atom is -0.480 e. The molecule has 0 saturated carbocycles. The number of anilines is 1. The highest BCUT2D eigenvalue weighted by Crippen LogP contribution is 2.28. The summed E-state index contributed by atoms with van der Waals surface area (Å²) in [5.74, 6) is -1.20. The molecular formula is C14H15NO4S2. The van der Waals surface area contributed by atoms with Crippen molar-refractivity contribution in [2.24, 2.45) is 0 Å². The molecule has 0 aliphatic rings. The number of aryl methyl sites for hydroxylation is 1. The fraction of sp³-hybridized carbons (Fsp3) is 0.214. The molecule has 5 nitrogen and oxygen atoms in total. The lowest BCUT2D eigenvalue weighted by atomic mass is 10.3. The summed E-state index contributed by atoms with van der Waals surface area (Å²) in [6.45, 7) is 1.33. The maximum atomic E-state index is 12.7. The summed E-state index contributed by atoms with van der Waals surface area (Å²) in [5, 5.41) is 9.00. The van der Waals surface area contributed by atoms with E-state index in [1.807, 2.05) is 6.92 Å². The molecule has 0 unspecified atom stereocenters. The van der Waals surface area contributed by atoms with Crippen LogP contribution in [0.3, 0.4) is 0 Å². The van der Waals surface area contributed by atoms with Crippen LogP contribution in [0.2, 0.25) is 0 Å². The van der Waals surface area contributed by atoms with Crippen molar-refractivity contribution >= 4 is 33.0 Å². The van der Waals surface area contributed by atoms with Gasteiger partial charge in [0.05, 0.1) is 5.69 Å². The number of carboxylic acids is 1. The summed E-state index contributed by atoms with van der Waals surface area (Å²) in [6, 6.07) is 11.5. The highest BCUT2D eigenvalue weighted by Gasteiger charge is 2.28. The first-order valence-corrected chi connectivity index (χ1v) is 8.59. The van der Waals surface area contributed by atoms with Gasteiger partial charge >= 0.3 is 5.97 Å². The fourth-order valence-corrected chi connectivity index (χ4v) is 4.65. The van der Waals surface area contributed by atoms with Crippen molar-refractivity contribution in [1.29, 1.82) is 0 Å². The van der Waals surface area contributed by atoms with Crippen LogP contribution in [0, 0.1) is 0 Å². The van der Waals surface area contributed by atoms with E-state index in [4.69, 9.17) is 5.11 Å². The SMILES string of the molecule is CCc1ccc(S(=O)(=O)N(CC(=O)O)c2ccccc2)s1. The third-order valence-electron chi connectivity index (χ3n) is 2.85. The van der Waals surface area contributed by atoms with E-state index in [1.54, 1.807) is 36.4 Å². The van der Waals surface area contributed by atoms with E-state index >= 15 is 0 Å². The van der Waals surface area contributed by atoms with Gasteiger partial charge in [0.25, 0.3) is 10.0 Å². The maximum Gasteiger partial charge on any atom is 0.324 e. The second-order valence-corrected chi connectivity index (χ2v) is 7.57. The molecule has 0 radical (unpaired) electrons. The van der Waals surface area contributed by atoms with Crippen LogP contribution in [0.5, 0.6) is 0 Å². The second-order valence-electron chi connectivity index (χ2n) is 4.32. The number of para-hydroxylation sites is 1. The molecule has 0 aliphatic carbocycles. The number of thiophene rings is 1. The zero-order valence-electron chi connectivity index (χ0n) is 11.4. The molecule has 2 aromatic rings. The minimum absolute atomic E-state index is 0.157. The van der Waals surface area contributed by atoms with Gasteiger partial charge in [0.15, 0.2) is 0 Å². The molecule has 0 bridgehead atoms. The van der Waals surface area contributed by atoms with Crippen LogP contribution in [0.1, 0.15) is 11.8 Å². The highest BCUT2D eigenvalue weighted by atomic mass is 32.2. The van der Waals surface area contributed by atoms with Gasteiger partial charge in [-0.05, 0) is 30.7 Å². The first-order valence-electron chi connectivity index (χ1n) is 6.33. The van der Waals surface area contributed by atoms with Crippen LogP contribution >= 0.6 is 11.3 Å².